The number of carbonyl (C=O) groups excluding carboxylic acids is 3. The van der Waals surface area contributed by atoms with Gasteiger partial charge in [-0.2, -0.15) is 0 Å². The molecule has 4 aromatic rings. The zero-order valence-electron chi connectivity index (χ0n) is 17.5. The van der Waals surface area contributed by atoms with E-state index in [1.165, 1.54) is 19.3 Å². The Hall–Kier alpha value is -4.17. The Morgan fingerprint density at radius 3 is 2.42 bits per heavy atom. The predicted molar refractivity (Wildman–Crippen MR) is 123 cm³/mol. The number of halogens is 1. The molecule has 2 aromatic heterocycles. The molecule has 166 valence electrons. The van der Waals surface area contributed by atoms with Crippen molar-refractivity contribution >= 4 is 40.2 Å². The number of aromatic nitrogens is 1. The van der Waals surface area contributed by atoms with E-state index in [1.54, 1.807) is 42.5 Å². The Balaban J connectivity index is 1.51. The van der Waals surface area contributed by atoms with Crippen LogP contribution in [-0.2, 0) is 4.79 Å². The van der Waals surface area contributed by atoms with Crippen LogP contribution < -0.4 is 16.2 Å². The smallest absolute Gasteiger partial charge is 0.287 e. The van der Waals surface area contributed by atoms with Crippen molar-refractivity contribution in [1.29, 1.82) is 0 Å². The molecule has 33 heavy (non-hydrogen) atoms. The monoisotopic (exact) mass is 462 g/mol. The predicted octanol–water partition coefficient (Wildman–Crippen LogP) is 3.73. The highest BCUT2D eigenvalue weighted by molar-refractivity contribution is 6.30. The number of amides is 3. The first-order valence-corrected chi connectivity index (χ1v) is 10.4. The highest BCUT2D eigenvalue weighted by atomic mass is 35.5. The van der Waals surface area contributed by atoms with E-state index in [4.69, 9.17) is 16.0 Å². The van der Waals surface area contributed by atoms with Crippen LogP contribution in [-0.4, -0.2) is 28.7 Å². The van der Waals surface area contributed by atoms with E-state index >= 15 is 0 Å². The lowest BCUT2D eigenvalue weighted by molar-refractivity contribution is -0.123. The number of hydrogen-bond acceptors (Lipinski definition) is 5. The number of para-hydroxylation sites is 1. The van der Waals surface area contributed by atoms with E-state index in [9.17, 15) is 14.4 Å². The van der Waals surface area contributed by atoms with Crippen LogP contribution >= 0.6 is 11.6 Å². The molecule has 0 saturated heterocycles. The third-order valence-electron chi connectivity index (χ3n) is 4.89. The Bertz CT molecular complexity index is 1320. The molecule has 4 rings (SSSR count). The van der Waals surface area contributed by atoms with Gasteiger partial charge < -0.3 is 9.73 Å². The second kappa shape index (κ2) is 9.54. The number of nitrogens with zero attached hydrogens (tertiary/aromatic N) is 1. The minimum atomic E-state index is -0.915. The van der Waals surface area contributed by atoms with Gasteiger partial charge in [0.2, 0.25) is 0 Å². The van der Waals surface area contributed by atoms with Gasteiger partial charge in [-0.3, -0.25) is 25.2 Å². The number of hydrazine groups is 1. The van der Waals surface area contributed by atoms with Crippen molar-refractivity contribution in [2.45, 2.75) is 13.0 Å². The summed E-state index contributed by atoms with van der Waals surface area (Å²) >= 11 is 5.98. The highest BCUT2D eigenvalue weighted by Crippen LogP contribution is 2.25. The molecular formula is C24H19ClN4O4. The average molecular weight is 463 g/mol. The first kappa shape index (κ1) is 22.0. The van der Waals surface area contributed by atoms with Crippen molar-refractivity contribution < 1.29 is 18.8 Å². The number of furan rings is 1. The van der Waals surface area contributed by atoms with Gasteiger partial charge in [0, 0.05) is 16.0 Å². The molecule has 3 amide bonds. The van der Waals surface area contributed by atoms with Crippen LogP contribution in [0.3, 0.4) is 0 Å². The number of nitrogens with one attached hydrogen (secondary N) is 3. The van der Waals surface area contributed by atoms with Crippen LogP contribution in [0.25, 0.3) is 22.2 Å². The number of fused-ring (bicyclic) bond motifs is 1. The Morgan fingerprint density at radius 1 is 0.939 bits per heavy atom. The fraction of sp³-hybridized carbons (Fsp3) is 0.0833. The Labute approximate surface area is 193 Å². The fourth-order valence-electron chi connectivity index (χ4n) is 3.17. The molecule has 8 nitrogen and oxygen atoms in total. The van der Waals surface area contributed by atoms with Crippen molar-refractivity contribution in [3.63, 3.8) is 0 Å². The molecule has 0 radical (unpaired) electrons. The Morgan fingerprint density at radius 2 is 1.70 bits per heavy atom. The molecule has 0 unspecified atom stereocenters. The molecule has 2 heterocycles. The maximum Gasteiger partial charge on any atom is 0.287 e. The maximum absolute atomic E-state index is 13.0. The third kappa shape index (κ3) is 5.02. The van der Waals surface area contributed by atoms with Crippen molar-refractivity contribution in [2.75, 3.05) is 0 Å². The van der Waals surface area contributed by atoms with Crippen LogP contribution in [0.1, 0.15) is 27.8 Å². The summed E-state index contributed by atoms with van der Waals surface area (Å²) in [5.74, 6) is -1.58. The maximum atomic E-state index is 13.0. The molecule has 0 aliphatic rings. The minimum absolute atomic E-state index is 0.0802. The molecule has 0 bridgehead atoms. The van der Waals surface area contributed by atoms with Crippen molar-refractivity contribution in [1.82, 2.24) is 21.2 Å². The zero-order chi connectivity index (χ0) is 23.4. The lowest BCUT2D eigenvalue weighted by atomic mass is 10.0. The minimum Gasteiger partial charge on any atom is -0.459 e. The van der Waals surface area contributed by atoms with Gasteiger partial charge in [-0.25, -0.2) is 4.98 Å². The van der Waals surface area contributed by atoms with Crippen LogP contribution in [0.4, 0.5) is 0 Å². The van der Waals surface area contributed by atoms with Gasteiger partial charge >= 0.3 is 0 Å². The van der Waals surface area contributed by atoms with Gasteiger partial charge in [0.05, 0.1) is 23.0 Å². The van der Waals surface area contributed by atoms with Crippen LogP contribution in [0.15, 0.2) is 77.4 Å². The van der Waals surface area contributed by atoms with Crippen LogP contribution in [0, 0.1) is 0 Å². The topological polar surface area (TPSA) is 113 Å². The van der Waals surface area contributed by atoms with E-state index in [1.807, 2.05) is 18.2 Å². The van der Waals surface area contributed by atoms with Gasteiger partial charge in [-0.05, 0) is 43.3 Å². The molecule has 0 aliphatic heterocycles. The van der Waals surface area contributed by atoms with Crippen LogP contribution in [0.5, 0.6) is 0 Å². The lowest BCUT2D eigenvalue weighted by Gasteiger charge is -2.15. The molecule has 3 N–H and O–H groups in total. The van der Waals surface area contributed by atoms with E-state index in [0.717, 1.165) is 5.56 Å². The zero-order valence-corrected chi connectivity index (χ0v) is 18.2. The van der Waals surface area contributed by atoms with Gasteiger partial charge in [0.15, 0.2) is 5.76 Å². The second-order valence-electron chi connectivity index (χ2n) is 7.19. The lowest BCUT2D eigenvalue weighted by Crippen LogP contribution is -2.51. The number of carbonyl (C=O) groups is 3. The van der Waals surface area contributed by atoms with E-state index in [0.29, 0.717) is 27.2 Å². The molecule has 9 heteroatoms. The van der Waals surface area contributed by atoms with Crippen molar-refractivity contribution in [2.24, 2.45) is 0 Å². The van der Waals surface area contributed by atoms with Crippen molar-refractivity contribution in [3.05, 3.63) is 89.3 Å². The summed E-state index contributed by atoms with van der Waals surface area (Å²) in [6.45, 7) is 1.49. The van der Waals surface area contributed by atoms with Crippen molar-refractivity contribution in [3.8, 4) is 11.3 Å². The summed E-state index contributed by atoms with van der Waals surface area (Å²) in [4.78, 5) is 42.0. The number of benzene rings is 2. The van der Waals surface area contributed by atoms with E-state index < -0.39 is 23.8 Å². The molecule has 0 spiro atoms. The second-order valence-corrected chi connectivity index (χ2v) is 7.63. The first-order chi connectivity index (χ1) is 15.9. The summed E-state index contributed by atoms with van der Waals surface area (Å²) in [6.07, 6.45) is 1.36. The molecular weight excluding hydrogens is 444 g/mol. The third-order valence-corrected chi connectivity index (χ3v) is 5.14. The number of hydrogen-bond donors (Lipinski definition) is 3. The number of pyridine rings is 1. The molecule has 1 atom stereocenters. The molecule has 0 saturated carbocycles. The molecule has 2 aromatic carbocycles. The van der Waals surface area contributed by atoms with E-state index in [-0.39, 0.29) is 5.76 Å². The van der Waals surface area contributed by atoms with Crippen LogP contribution in [0.2, 0.25) is 5.02 Å². The standard InChI is InChI=1S/C24H19ClN4O4/c1-14(26-24(32)21-7-4-12-33-21)22(30)28-29-23(31)18-13-20(15-8-10-16(25)11-9-15)27-19-6-3-2-5-17(18)19/h2-14H,1H3,(H,26,32)(H,28,30)(H,29,31)/t14-/m0/s1. The highest BCUT2D eigenvalue weighted by Gasteiger charge is 2.20. The van der Waals surface area contributed by atoms with Gasteiger partial charge in [-0.1, -0.05) is 41.9 Å². The summed E-state index contributed by atoms with van der Waals surface area (Å²) in [5, 5.41) is 3.71. The molecule has 0 aliphatic carbocycles. The molecule has 0 fully saturated rings. The van der Waals surface area contributed by atoms with Gasteiger partial charge in [-0.15, -0.1) is 0 Å². The Kier molecular flexibility index (Phi) is 6.37. The van der Waals surface area contributed by atoms with Gasteiger partial charge in [0.25, 0.3) is 17.7 Å². The summed E-state index contributed by atoms with van der Waals surface area (Å²) < 4.78 is 5.00. The largest absolute Gasteiger partial charge is 0.459 e. The normalized spacial score (nSPS) is 11.6. The quantitative estimate of drug-likeness (QED) is 0.391. The average Bonchev–Trinajstić information content (AvgIpc) is 3.37. The van der Waals surface area contributed by atoms with Gasteiger partial charge in [0.1, 0.15) is 6.04 Å². The summed E-state index contributed by atoms with van der Waals surface area (Å²) in [6, 6.07) is 18.1. The first-order valence-electron chi connectivity index (χ1n) is 10.0. The summed E-state index contributed by atoms with van der Waals surface area (Å²) in [7, 11) is 0. The van der Waals surface area contributed by atoms with E-state index in [2.05, 4.69) is 21.2 Å². The fourth-order valence-corrected chi connectivity index (χ4v) is 3.29. The SMILES string of the molecule is C[C@H](NC(=O)c1ccco1)C(=O)NNC(=O)c1cc(-c2ccc(Cl)cc2)nc2ccccc12. The number of rotatable bonds is 5. The summed E-state index contributed by atoms with van der Waals surface area (Å²) in [5.41, 5.74) is 7.08.